The molecule has 1 aliphatic rings. The summed E-state index contributed by atoms with van der Waals surface area (Å²) in [6.45, 7) is 9.07. The fourth-order valence-corrected chi connectivity index (χ4v) is 3.43. The zero-order chi connectivity index (χ0) is 13.2. The lowest BCUT2D eigenvalue weighted by Gasteiger charge is -2.43. The summed E-state index contributed by atoms with van der Waals surface area (Å²) in [7, 11) is 0. The van der Waals surface area contributed by atoms with Gasteiger partial charge in [-0.3, -0.25) is 0 Å². The number of hydrogen-bond donors (Lipinski definition) is 1. The van der Waals surface area contributed by atoms with Crippen molar-refractivity contribution in [2.75, 3.05) is 13.1 Å². The summed E-state index contributed by atoms with van der Waals surface area (Å²) in [6, 6.07) is 7.07. The molecule has 0 aromatic heterocycles. The molecule has 1 aromatic rings. The number of nitrogens with one attached hydrogen (secondary N) is 1. The third-order valence-electron chi connectivity index (χ3n) is 4.21. The first kappa shape index (κ1) is 13.5. The maximum absolute atomic E-state index is 13.0. The molecule has 2 rings (SSSR count). The summed E-state index contributed by atoms with van der Waals surface area (Å²) < 4.78 is 13.0. The zero-order valence-electron chi connectivity index (χ0n) is 11.7. The second kappa shape index (κ2) is 5.40. The quantitative estimate of drug-likeness (QED) is 0.855. The van der Waals surface area contributed by atoms with Crippen LogP contribution >= 0.6 is 0 Å². The third kappa shape index (κ3) is 2.92. The van der Waals surface area contributed by atoms with Crippen LogP contribution in [0.15, 0.2) is 24.3 Å². The Bertz CT molecular complexity index is 385. The molecule has 1 fully saturated rings. The second-order valence-electron chi connectivity index (χ2n) is 6.31. The summed E-state index contributed by atoms with van der Waals surface area (Å²) in [5, 5.41) is 3.48. The molecule has 2 unspecified atom stereocenters. The van der Waals surface area contributed by atoms with Crippen LogP contribution in [0.25, 0.3) is 0 Å². The molecule has 0 bridgehead atoms. The first-order chi connectivity index (χ1) is 8.51. The van der Waals surface area contributed by atoms with Gasteiger partial charge in [0.05, 0.1) is 0 Å². The van der Waals surface area contributed by atoms with Gasteiger partial charge < -0.3 is 5.32 Å². The smallest absolute Gasteiger partial charge is 0.123 e. The Hall–Kier alpha value is -0.890. The molecule has 0 spiro atoms. The highest BCUT2D eigenvalue weighted by Gasteiger charge is 2.37. The van der Waals surface area contributed by atoms with Gasteiger partial charge in [0.25, 0.3) is 0 Å². The maximum atomic E-state index is 13.0. The molecular weight excluding hydrogens is 225 g/mol. The van der Waals surface area contributed by atoms with Crippen molar-refractivity contribution in [3.05, 3.63) is 35.6 Å². The first-order valence-electron chi connectivity index (χ1n) is 6.97. The monoisotopic (exact) mass is 249 g/mol. The minimum absolute atomic E-state index is 0.145. The van der Waals surface area contributed by atoms with E-state index in [4.69, 9.17) is 0 Å². The fourth-order valence-electron chi connectivity index (χ4n) is 3.43. The molecule has 0 aliphatic carbocycles. The molecule has 1 saturated heterocycles. The fraction of sp³-hybridized carbons (Fsp3) is 0.625. The van der Waals surface area contributed by atoms with Crippen molar-refractivity contribution in [2.45, 2.75) is 39.5 Å². The van der Waals surface area contributed by atoms with Gasteiger partial charge >= 0.3 is 0 Å². The van der Waals surface area contributed by atoms with E-state index in [1.54, 1.807) is 12.1 Å². The topological polar surface area (TPSA) is 12.0 Å². The van der Waals surface area contributed by atoms with Crippen molar-refractivity contribution in [1.29, 1.82) is 0 Å². The number of benzene rings is 1. The van der Waals surface area contributed by atoms with Crippen LogP contribution in [-0.2, 0) is 0 Å². The van der Waals surface area contributed by atoms with Gasteiger partial charge in [0, 0.05) is 12.5 Å². The largest absolute Gasteiger partial charge is 0.316 e. The molecule has 0 saturated carbocycles. The van der Waals surface area contributed by atoms with Crippen molar-refractivity contribution in [3.63, 3.8) is 0 Å². The normalized spacial score (nSPS) is 28.6. The SMILES string of the molecule is CC(C)CC1(C)CCNCC1c1ccc(F)cc1. The Labute approximate surface area is 110 Å². The van der Waals surface area contributed by atoms with Gasteiger partial charge in [-0.15, -0.1) is 0 Å². The van der Waals surface area contributed by atoms with Crippen LogP contribution in [0.3, 0.4) is 0 Å². The van der Waals surface area contributed by atoms with E-state index in [0.717, 1.165) is 13.1 Å². The molecule has 0 amide bonds. The molecule has 1 aromatic carbocycles. The summed E-state index contributed by atoms with van der Waals surface area (Å²) in [5.41, 5.74) is 1.60. The Morgan fingerprint density at radius 2 is 2.00 bits per heavy atom. The van der Waals surface area contributed by atoms with Crippen molar-refractivity contribution in [1.82, 2.24) is 5.32 Å². The van der Waals surface area contributed by atoms with Crippen LogP contribution < -0.4 is 5.32 Å². The van der Waals surface area contributed by atoms with E-state index in [0.29, 0.717) is 17.3 Å². The second-order valence-corrected chi connectivity index (χ2v) is 6.31. The van der Waals surface area contributed by atoms with Crippen LogP contribution in [0, 0.1) is 17.2 Å². The predicted molar refractivity (Wildman–Crippen MR) is 74.2 cm³/mol. The Morgan fingerprint density at radius 1 is 1.33 bits per heavy atom. The first-order valence-corrected chi connectivity index (χ1v) is 6.97. The minimum Gasteiger partial charge on any atom is -0.316 e. The number of piperidine rings is 1. The van der Waals surface area contributed by atoms with E-state index in [9.17, 15) is 4.39 Å². The van der Waals surface area contributed by atoms with Gasteiger partial charge in [-0.25, -0.2) is 4.39 Å². The number of hydrogen-bond acceptors (Lipinski definition) is 1. The number of halogens is 1. The Balaban J connectivity index is 2.24. The lowest BCUT2D eigenvalue weighted by Crippen LogP contribution is -2.42. The van der Waals surface area contributed by atoms with E-state index in [2.05, 4.69) is 26.1 Å². The maximum Gasteiger partial charge on any atom is 0.123 e. The Kier molecular flexibility index (Phi) is 4.06. The highest BCUT2D eigenvalue weighted by molar-refractivity contribution is 5.24. The van der Waals surface area contributed by atoms with E-state index in [1.807, 2.05) is 12.1 Å². The summed E-state index contributed by atoms with van der Waals surface area (Å²) >= 11 is 0. The molecule has 1 aliphatic heterocycles. The summed E-state index contributed by atoms with van der Waals surface area (Å²) in [5.74, 6) is 1.05. The van der Waals surface area contributed by atoms with Crippen LogP contribution in [0.5, 0.6) is 0 Å². The van der Waals surface area contributed by atoms with Gasteiger partial charge in [-0.05, 0) is 48.4 Å². The molecule has 18 heavy (non-hydrogen) atoms. The van der Waals surface area contributed by atoms with E-state index >= 15 is 0 Å². The molecule has 1 nitrogen and oxygen atoms in total. The van der Waals surface area contributed by atoms with Crippen molar-refractivity contribution in [2.24, 2.45) is 11.3 Å². The van der Waals surface area contributed by atoms with Crippen molar-refractivity contribution < 1.29 is 4.39 Å². The van der Waals surface area contributed by atoms with Gasteiger partial charge in [0.1, 0.15) is 5.82 Å². The van der Waals surface area contributed by atoms with Crippen LogP contribution in [0.2, 0.25) is 0 Å². The van der Waals surface area contributed by atoms with Crippen molar-refractivity contribution >= 4 is 0 Å². The average Bonchev–Trinajstić information content (AvgIpc) is 2.29. The molecular formula is C16H24FN. The predicted octanol–water partition coefficient (Wildman–Crippen LogP) is 3.96. The highest BCUT2D eigenvalue weighted by Crippen LogP contribution is 2.45. The average molecular weight is 249 g/mol. The van der Waals surface area contributed by atoms with E-state index in [-0.39, 0.29) is 5.82 Å². The van der Waals surface area contributed by atoms with E-state index < -0.39 is 0 Å². The molecule has 1 N–H and O–H groups in total. The van der Waals surface area contributed by atoms with E-state index in [1.165, 1.54) is 18.4 Å². The summed E-state index contributed by atoms with van der Waals surface area (Å²) in [4.78, 5) is 0. The van der Waals surface area contributed by atoms with Gasteiger partial charge in [-0.2, -0.15) is 0 Å². The minimum atomic E-state index is -0.145. The van der Waals surface area contributed by atoms with Gasteiger partial charge in [0.15, 0.2) is 0 Å². The molecule has 2 heteroatoms. The van der Waals surface area contributed by atoms with Gasteiger partial charge in [-0.1, -0.05) is 32.9 Å². The summed E-state index contributed by atoms with van der Waals surface area (Å²) in [6.07, 6.45) is 2.43. The molecule has 1 heterocycles. The van der Waals surface area contributed by atoms with Crippen LogP contribution in [0.4, 0.5) is 4.39 Å². The lowest BCUT2D eigenvalue weighted by molar-refractivity contribution is 0.151. The highest BCUT2D eigenvalue weighted by atomic mass is 19.1. The zero-order valence-corrected chi connectivity index (χ0v) is 11.7. The lowest BCUT2D eigenvalue weighted by atomic mass is 9.65. The number of rotatable bonds is 3. The van der Waals surface area contributed by atoms with Crippen LogP contribution in [0.1, 0.15) is 45.1 Å². The molecule has 100 valence electrons. The third-order valence-corrected chi connectivity index (χ3v) is 4.21. The standard InChI is InChI=1S/C16H24FN/c1-12(2)10-16(3)8-9-18-11-15(16)13-4-6-14(17)7-5-13/h4-7,12,15,18H,8-11H2,1-3H3. The van der Waals surface area contributed by atoms with Crippen LogP contribution in [-0.4, -0.2) is 13.1 Å². The van der Waals surface area contributed by atoms with Crippen molar-refractivity contribution in [3.8, 4) is 0 Å². The Morgan fingerprint density at radius 3 is 2.61 bits per heavy atom. The molecule has 2 atom stereocenters. The molecule has 0 radical (unpaired) electrons. The van der Waals surface area contributed by atoms with Gasteiger partial charge in [0.2, 0.25) is 0 Å².